The van der Waals surface area contributed by atoms with Gasteiger partial charge in [-0.25, -0.2) is 0 Å². The molecule has 2 unspecified atom stereocenters. The second kappa shape index (κ2) is 8.11. The Hall–Kier alpha value is -2.64. The molecule has 23 heavy (non-hydrogen) atoms. The Labute approximate surface area is 133 Å². The van der Waals surface area contributed by atoms with Crippen molar-refractivity contribution in [3.8, 4) is 0 Å². The minimum absolute atomic E-state index is 0.00512. The van der Waals surface area contributed by atoms with Crippen LogP contribution in [0.3, 0.4) is 0 Å². The fourth-order valence-electron chi connectivity index (χ4n) is 2.62. The average molecular weight is 318 g/mol. The third kappa shape index (κ3) is 4.67. The predicted octanol–water partition coefficient (Wildman–Crippen LogP) is 2.09. The van der Waals surface area contributed by atoms with Crippen molar-refractivity contribution in [3.63, 3.8) is 0 Å². The van der Waals surface area contributed by atoms with Crippen LogP contribution in [-0.2, 0) is 0 Å². The minimum Gasteiger partial charge on any atom is -0.349 e. The summed E-state index contributed by atoms with van der Waals surface area (Å²) in [6, 6.07) is 1.68. The maximum atomic E-state index is 11.9. The SMILES string of the molecule is O=NC(C=C1CCCCC1[N+](=O)[O-])CNC(=O)c1cccnc1. The minimum atomic E-state index is -0.814. The molecule has 1 amide bonds. The normalized spacial score (nSPS) is 20.7. The van der Waals surface area contributed by atoms with Gasteiger partial charge in [-0.05, 0) is 37.5 Å². The van der Waals surface area contributed by atoms with E-state index in [1.165, 1.54) is 12.3 Å². The summed E-state index contributed by atoms with van der Waals surface area (Å²) in [5, 5.41) is 16.6. The molecule has 122 valence electrons. The molecule has 0 bridgehead atoms. The highest BCUT2D eigenvalue weighted by Gasteiger charge is 2.29. The molecule has 1 aliphatic carbocycles. The molecule has 8 heteroatoms. The maximum absolute atomic E-state index is 11.9. The van der Waals surface area contributed by atoms with E-state index in [0.29, 0.717) is 24.0 Å². The molecular weight excluding hydrogens is 300 g/mol. The number of nitrogens with one attached hydrogen (secondary N) is 1. The van der Waals surface area contributed by atoms with Crippen molar-refractivity contribution in [2.45, 2.75) is 37.8 Å². The van der Waals surface area contributed by atoms with Gasteiger partial charge in [0.05, 0.1) is 5.56 Å². The number of nitrogens with zero attached hydrogens (tertiary/aromatic N) is 3. The molecule has 0 spiro atoms. The summed E-state index contributed by atoms with van der Waals surface area (Å²) >= 11 is 0. The van der Waals surface area contributed by atoms with Gasteiger partial charge in [0.2, 0.25) is 6.04 Å². The number of nitro groups is 1. The highest BCUT2D eigenvalue weighted by molar-refractivity contribution is 5.93. The lowest BCUT2D eigenvalue weighted by atomic mass is 9.89. The first-order valence-electron chi connectivity index (χ1n) is 7.46. The zero-order chi connectivity index (χ0) is 16.7. The molecule has 1 aromatic heterocycles. The number of carbonyl (C=O) groups is 1. The molecule has 2 rings (SSSR count). The number of pyridine rings is 1. The standard InChI is InChI=1S/C15H18N4O4/c20-15(12-5-3-7-16-9-12)17-10-13(18-21)8-11-4-1-2-6-14(11)19(22)23/h3,5,7-9,13-14H,1-2,4,6,10H2,(H,17,20). The van der Waals surface area contributed by atoms with Gasteiger partial charge in [0.25, 0.3) is 5.91 Å². The second-order valence-corrected chi connectivity index (χ2v) is 5.41. The third-order valence-electron chi connectivity index (χ3n) is 3.81. The Kier molecular flexibility index (Phi) is 5.90. The molecule has 8 nitrogen and oxygen atoms in total. The maximum Gasteiger partial charge on any atom is 0.252 e. The van der Waals surface area contributed by atoms with E-state index in [0.717, 1.165) is 12.8 Å². The summed E-state index contributed by atoms with van der Waals surface area (Å²) < 4.78 is 0. The molecule has 1 saturated carbocycles. The zero-order valence-corrected chi connectivity index (χ0v) is 12.6. The number of nitroso groups, excluding NO2 is 1. The molecular formula is C15H18N4O4. The molecule has 0 radical (unpaired) electrons. The quantitative estimate of drug-likeness (QED) is 0.373. The molecule has 1 aliphatic rings. The number of rotatable bonds is 6. The molecule has 2 atom stereocenters. The van der Waals surface area contributed by atoms with Crippen molar-refractivity contribution >= 4 is 5.91 Å². The van der Waals surface area contributed by atoms with E-state index in [1.54, 1.807) is 18.3 Å². The van der Waals surface area contributed by atoms with Gasteiger partial charge in [-0.15, -0.1) is 0 Å². The third-order valence-corrected chi connectivity index (χ3v) is 3.81. The van der Waals surface area contributed by atoms with Crippen molar-refractivity contribution in [2.75, 3.05) is 6.54 Å². The highest BCUT2D eigenvalue weighted by atomic mass is 16.6. The Morgan fingerprint density at radius 3 is 3.04 bits per heavy atom. The Morgan fingerprint density at radius 1 is 1.57 bits per heavy atom. The molecule has 0 aliphatic heterocycles. The lowest BCUT2D eigenvalue weighted by Crippen LogP contribution is -2.32. The van der Waals surface area contributed by atoms with E-state index >= 15 is 0 Å². The summed E-state index contributed by atoms with van der Waals surface area (Å²) in [6.45, 7) is 0.00512. The summed E-state index contributed by atoms with van der Waals surface area (Å²) in [6.07, 6.45) is 7.24. The Bertz CT molecular complexity index is 603. The average Bonchev–Trinajstić information content (AvgIpc) is 2.59. The monoisotopic (exact) mass is 318 g/mol. The summed E-state index contributed by atoms with van der Waals surface area (Å²) in [4.78, 5) is 37.5. The van der Waals surface area contributed by atoms with Crippen LogP contribution >= 0.6 is 0 Å². The first-order valence-corrected chi connectivity index (χ1v) is 7.46. The zero-order valence-electron chi connectivity index (χ0n) is 12.6. The van der Waals surface area contributed by atoms with Crippen LogP contribution in [0.15, 0.2) is 41.4 Å². The van der Waals surface area contributed by atoms with Gasteiger partial charge in [-0.1, -0.05) is 5.18 Å². The number of carbonyl (C=O) groups excluding carboxylic acids is 1. The Morgan fingerprint density at radius 2 is 2.39 bits per heavy atom. The number of amides is 1. The molecule has 1 heterocycles. The highest BCUT2D eigenvalue weighted by Crippen LogP contribution is 2.26. The van der Waals surface area contributed by atoms with Crippen LogP contribution in [0.5, 0.6) is 0 Å². The van der Waals surface area contributed by atoms with Crippen molar-refractivity contribution in [2.24, 2.45) is 5.18 Å². The molecule has 1 fully saturated rings. The van der Waals surface area contributed by atoms with Gasteiger partial charge in [-0.3, -0.25) is 19.9 Å². The first-order chi connectivity index (χ1) is 11.1. The first kappa shape index (κ1) is 16.7. The summed E-state index contributed by atoms with van der Waals surface area (Å²) in [5.74, 6) is -0.361. The van der Waals surface area contributed by atoms with Crippen LogP contribution in [0.4, 0.5) is 0 Å². The summed E-state index contributed by atoms with van der Waals surface area (Å²) in [5.41, 5.74) is 1.01. The van der Waals surface area contributed by atoms with Crippen LogP contribution in [0.2, 0.25) is 0 Å². The number of hydrogen-bond donors (Lipinski definition) is 1. The van der Waals surface area contributed by atoms with E-state index in [1.807, 2.05) is 0 Å². The molecule has 0 aromatic carbocycles. The van der Waals surface area contributed by atoms with Gasteiger partial charge in [0.1, 0.15) is 6.04 Å². The van der Waals surface area contributed by atoms with Crippen molar-refractivity contribution in [1.29, 1.82) is 0 Å². The van der Waals surface area contributed by atoms with E-state index in [9.17, 15) is 19.8 Å². The number of hydrogen-bond acceptors (Lipinski definition) is 6. The van der Waals surface area contributed by atoms with Crippen LogP contribution in [-0.4, -0.2) is 34.4 Å². The number of aromatic nitrogens is 1. The lowest BCUT2D eigenvalue weighted by molar-refractivity contribution is -0.514. The van der Waals surface area contributed by atoms with Gasteiger partial charge < -0.3 is 5.32 Å². The van der Waals surface area contributed by atoms with Gasteiger partial charge in [-0.2, -0.15) is 4.91 Å². The predicted molar refractivity (Wildman–Crippen MR) is 83.5 cm³/mol. The molecule has 0 saturated heterocycles. The summed E-state index contributed by atoms with van der Waals surface area (Å²) in [7, 11) is 0. The van der Waals surface area contributed by atoms with Crippen LogP contribution in [0, 0.1) is 15.0 Å². The molecule has 1 N–H and O–H groups in total. The van der Waals surface area contributed by atoms with Crippen molar-refractivity contribution in [1.82, 2.24) is 10.3 Å². The van der Waals surface area contributed by atoms with Crippen LogP contribution in [0.1, 0.15) is 36.0 Å². The van der Waals surface area contributed by atoms with Crippen molar-refractivity contribution in [3.05, 3.63) is 56.8 Å². The van der Waals surface area contributed by atoms with Crippen molar-refractivity contribution < 1.29 is 9.72 Å². The van der Waals surface area contributed by atoms with E-state index in [4.69, 9.17) is 0 Å². The van der Waals surface area contributed by atoms with Gasteiger partial charge >= 0.3 is 0 Å². The van der Waals surface area contributed by atoms with Gasteiger partial charge in [0, 0.05) is 35.9 Å². The fourth-order valence-corrected chi connectivity index (χ4v) is 2.62. The smallest absolute Gasteiger partial charge is 0.252 e. The molecule has 1 aromatic rings. The topological polar surface area (TPSA) is 115 Å². The van der Waals surface area contributed by atoms with E-state index < -0.39 is 12.1 Å². The lowest BCUT2D eigenvalue weighted by Gasteiger charge is -2.19. The van der Waals surface area contributed by atoms with E-state index in [-0.39, 0.29) is 17.4 Å². The second-order valence-electron chi connectivity index (χ2n) is 5.41. The Balaban J connectivity index is 1.99. The fraction of sp³-hybridized carbons (Fsp3) is 0.467. The largest absolute Gasteiger partial charge is 0.349 e. The van der Waals surface area contributed by atoms with Crippen LogP contribution < -0.4 is 5.32 Å². The van der Waals surface area contributed by atoms with Crippen LogP contribution in [0.25, 0.3) is 0 Å². The van der Waals surface area contributed by atoms with Gasteiger partial charge in [0.15, 0.2) is 0 Å². The van der Waals surface area contributed by atoms with E-state index in [2.05, 4.69) is 15.5 Å².